The van der Waals surface area contributed by atoms with Crippen molar-refractivity contribution >= 4 is 11.3 Å². The molecule has 2 nitrogen and oxygen atoms in total. The van der Waals surface area contributed by atoms with Gasteiger partial charge >= 0.3 is 0 Å². The van der Waals surface area contributed by atoms with Crippen LogP contribution in [0.1, 0.15) is 11.1 Å². The fourth-order valence-electron chi connectivity index (χ4n) is 1.99. The quantitative estimate of drug-likeness (QED) is 0.792. The summed E-state index contributed by atoms with van der Waals surface area (Å²) in [6.07, 6.45) is 1.13. The van der Waals surface area contributed by atoms with E-state index in [0.717, 1.165) is 25.2 Å². The second-order valence-corrected chi connectivity index (χ2v) is 4.50. The maximum Gasteiger partial charge on any atom is 0.0811 e. The van der Waals surface area contributed by atoms with Crippen molar-refractivity contribution in [3.05, 3.63) is 40.2 Å². The summed E-state index contributed by atoms with van der Waals surface area (Å²) >= 11 is 1.65. The van der Waals surface area contributed by atoms with Crippen LogP contribution in [0, 0.1) is 0 Å². The normalized spacial score (nSPS) is 14.9. The zero-order valence-electron chi connectivity index (χ0n) is 8.36. The van der Waals surface area contributed by atoms with E-state index in [2.05, 4.69) is 33.9 Å². The number of benzene rings is 1. The Kier molecular flexibility index (Phi) is 2.27. The molecule has 15 heavy (non-hydrogen) atoms. The molecule has 3 rings (SSSR count). The standard InChI is InChI=1S/C12H12N2S/c1-2-11-6-13-4-3-9(11)5-10(1)12-7-15-8-14-12/h1-2,5,7-8,13H,3-4,6H2. The zero-order valence-corrected chi connectivity index (χ0v) is 9.18. The van der Waals surface area contributed by atoms with E-state index >= 15 is 0 Å². The molecule has 1 N–H and O–H groups in total. The van der Waals surface area contributed by atoms with E-state index in [9.17, 15) is 0 Å². The van der Waals surface area contributed by atoms with E-state index in [-0.39, 0.29) is 0 Å². The first-order valence-electron chi connectivity index (χ1n) is 5.14. The fourth-order valence-corrected chi connectivity index (χ4v) is 2.55. The second-order valence-electron chi connectivity index (χ2n) is 3.78. The molecule has 76 valence electrons. The molecule has 0 saturated heterocycles. The Bertz CT molecular complexity index is 462. The Morgan fingerprint density at radius 1 is 1.27 bits per heavy atom. The number of hydrogen-bond donors (Lipinski definition) is 1. The van der Waals surface area contributed by atoms with Gasteiger partial charge in [-0.1, -0.05) is 12.1 Å². The molecule has 1 aromatic heterocycles. The SMILES string of the molecule is c1nc(-c2ccc3c(c2)CCNC3)cs1. The summed E-state index contributed by atoms with van der Waals surface area (Å²) in [6, 6.07) is 6.67. The first-order chi connectivity index (χ1) is 7.43. The highest BCUT2D eigenvalue weighted by molar-refractivity contribution is 7.07. The molecule has 2 aromatic rings. The van der Waals surface area contributed by atoms with E-state index in [4.69, 9.17) is 0 Å². The van der Waals surface area contributed by atoms with Crippen LogP contribution in [0.3, 0.4) is 0 Å². The lowest BCUT2D eigenvalue weighted by Crippen LogP contribution is -2.23. The first-order valence-corrected chi connectivity index (χ1v) is 6.09. The summed E-state index contributed by atoms with van der Waals surface area (Å²) in [4.78, 5) is 4.34. The van der Waals surface area contributed by atoms with Gasteiger partial charge in [0.15, 0.2) is 0 Å². The maximum absolute atomic E-state index is 4.34. The lowest BCUT2D eigenvalue weighted by molar-refractivity contribution is 0.644. The van der Waals surface area contributed by atoms with Gasteiger partial charge in [0.25, 0.3) is 0 Å². The van der Waals surface area contributed by atoms with Crippen molar-refractivity contribution in [1.82, 2.24) is 10.3 Å². The Balaban J connectivity index is 2.04. The number of nitrogens with zero attached hydrogens (tertiary/aromatic N) is 1. The Morgan fingerprint density at radius 2 is 2.27 bits per heavy atom. The molecule has 0 unspecified atom stereocenters. The van der Waals surface area contributed by atoms with Crippen molar-refractivity contribution < 1.29 is 0 Å². The third-order valence-corrected chi connectivity index (χ3v) is 3.41. The second kappa shape index (κ2) is 3.76. The summed E-state index contributed by atoms with van der Waals surface area (Å²) in [5, 5.41) is 5.48. The molecular formula is C12H12N2S. The fraction of sp³-hybridized carbons (Fsp3) is 0.250. The van der Waals surface area contributed by atoms with Crippen LogP contribution < -0.4 is 5.32 Å². The Labute approximate surface area is 93.0 Å². The van der Waals surface area contributed by atoms with Gasteiger partial charge in [-0.25, -0.2) is 4.98 Å². The summed E-state index contributed by atoms with van der Waals surface area (Å²) in [6.45, 7) is 2.10. The van der Waals surface area contributed by atoms with E-state index in [1.54, 1.807) is 11.3 Å². The number of rotatable bonds is 1. The molecule has 0 spiro atoms. The topological polar surface area (TPSA) is 24.9 Å². The first kappa shape index (κ1) is 9.07. The van der Waals surface area contributed by atoms with Crippen LogP contribution in [0.15, 0.2) is 29.1 Å². The number of aromatic nitrogens is 1. The molecule has 3 heteroatoms. The van der Waals surface area contributed by atoms with Crippen molar-refractivity contribution in [2.45, 2.75) is 13.0 Å². The molecule has 0 fully saturated rings. The van der Waals surface area contributed by atoms with Gasteiger partial charge in [-0.15, -0.1) is 11.3 Å². The smallest absolute Gasteiger partial charge is 0.0811 e. The van der Waals surface area contributed by atoms with Crippen LogP contribution in [0.2, 0.25) is 0 Å². The van der Waals surface area contributed by atoms with Crippen molar-refractivity contribution in [1.29, 1.82) is 0 Å². The van der Waals surface area contributed by atoms with E-state index in [1.807, 2.05) is 5.51 Å². The number of fused-ring (bicyclic) bond motifs is 1. The monoisotopic (exact) mass is 216 g/mol. The van der Waals surface area contributed by atoms with Crippen molar-refractivity contribution in [3.8, 4) is 11.3 Å². The van der Waals surface area contributed by atoms with Gasteiger partial charge in [-0.2, -0.15) is 0 Å². The molecular weight excluding hydrogens is 204 g/mol. The van der Waals surface area contributed by atoms with Crippen molar-refractivity contribution in [2.75, 3.05) is 6.54 Å². The molecule has 0 bridgehead atoms. The summed E-state index contributed by atoms with van der Waals surface area (Å²) in [5.41, 5.74) is 7.13. The lowest BCUT2D eigenvalue weighted by atomic mass is 9.98. The van der Waals surface area contributed by atoms with Crippen LogP contribution in [0.25, 0.3) is 11.3 Å². The van der Waals surface area contributed by atoms with Gasteiger partial charge in [0, 0.05) is 17.5 Å². The average molecular weight is 216 g/mol. The number of nitrogens with one attached hydrogen (secondary N) is 1. The molecule has 0 atom stereocenters. The van der Waals surface area contributed by atoms with Gasteiger partial charge in [-0.05, 0) is 30.2 Å². The maximum atomic E-state index is 4.34. The Hall–Kier alpha value is -1.19. The van der Waals surface area contributed by atoms with Gasteiger partial charge in [0.2, 0.25) is 0 Å². The third-order valence-electron chi connectivity index (χ3n) is 2.82. The third kappa shape index (κ3) is 1.68. The molecule has 0 amide bonds. The van der Waals surface area contributed by atoms with Crippen LogP contribution in [-0.2, 0) is 13.0 Å². The van der Waals surface area contributed by atoms with Gasteiger partial charge in [0.1, 0.15) is 0 Å². The van der Waals surface area contributed by atoms with E-state index in [0.29, 0.717) is 0 Å². The van der Waals surface area contributed by atoms with Gasteiger partial charge < -0.3 is 5.32 Å². The van der Waals surface area contributed by atoms with Gasteiger partial charge in [0.05, 0.1) is 11.2 Å². The lowest BCUT2D eigenvalue weighted by Gasteiger charge is -2.17. The van der Waals surface area contributed by atoms with Crippen molar-refractivity contribution in [3.63, 3.8) is 0 Å². The molecule has 1 aliphatic rings. The van der Waals surface area contributed by atoms with Crippen LogP contribution in [0.5, 0.6) is 0 Å². The minimum absolute atomic E-state index is 1.01. The average Bonchev–Trinajstić information content (AvgIpc) is 2.82. The minimum atomic E-state index is 1.01. The van der Waals surface area contributed by atoms with E-state index < -0.39 is 0 Å². The van der Waals surface area contributed by atoms with Crippen LogP contribution >= 0.6 is 11.3 Å². The molecule has 0 saturated carbocycles. The molecule has 2 heterocycles. The molecule has 1 aliphatic heterocycles. The predicted octanol–water partition coefficient (Wildman–Crippen LogP) is 2.46. The molecule has 0 aliphatic carbocycles. The van der Waals surface area contributed by atoms with Crippen molar-refractivity contribution in [2.24, 2.45) is 0 Å². The van der Waals surface area contributed by atoms with Gasteiger partial charge in [-0.3, -0.25) is 0 Å². The minimum Gasteiger partial charge on any atom is -0.312 e. The zero-order chi connectivity index (χ0) is 10.1. The largest absolute Gasteiger partial charge is 0.312 e. The van der Waals surface area contributed by atoms with Crippen LogP contribution in [-0.4, -0.2) is 11.5 Å². The predicted molar refractivity (Wildman–Crippen MR) is 63.0 cm³/mol. The molecule has 1 aromatic carbocycles. The highest BCUT2D eigenvalue weighted by atomic mass is 32.1. The van der Waals surface area contributed by atoms with Crippen LogP contribution in [0.4, 0.5) is 0 Å². The molecule has 0 radical (unpaired) electrons. The highest BCUT2D eigenvalue weighted by Crippen LogP contribution is 2.23. The Morgan fingerprint density at radius 3 is 3.13 bits per heavy atom. The van der Waals surface area contributed by atoms with E-state index in [1.165, 1.54) is 16.7 Å². The number of thiazole rings is 1. The number of hydrogen-bond acceptors (Lipinski definition) is 3. The highest BCUT2D eigenvalue weighted by Gasteiger charge is 2.09. The summed E-state index contributed by atoms with van der Waals surface area (Å²) < 4.78 is 0. The summed E-state index contributed by atoms with van der Waals surface area (Å²) in [5.74, 6) is 0. The summed E-state index contributed by atoms with van der Waals surface area (Å²) in [7, 11) is 0.